The molecule has 3 aromatic rings. The number of hydrogen-bond donors (Lipinski definition) is 4. The van der Waals surface area contributed by atoms with Gasteiger partial charge in [-0.3, -0.25) is 15.2 Å². The van der Waals surface area contributed by atoms with Gasteiger partial charge >= 0.3 is 18.5 Å². The molecular formula is C38H46F3N5O9. The minimum Gasteiger partial charge on any atom is -0.453 e. The standard InChI is InChI=1S/C38H46F3N5O9/c1-37(2,3)32(44-35(49)51-4)33(48)45-46(20-24-9-13-27(14-10-24)55-38(39,40)41)21-30(47)29(43-36(50)54-31-22-53-34-28(31)15-17-52-34)18-23-7-11-25(12-8-23)26-6-5-16-42-19-26/h5-14,16,19,28-32,34,47H,15,17-18,20-22H2,1-4H3,(H,43,50)(H,44,49)(H,45,48)/t28-,29-,30-,31-,32+,34+/m0/s1. The lowest BCUT2D eigenvalue weighted by Crippen LogP contribution is -2.59. The Kier molecular flexibility index (Phi) is 13.6. The first kappa shape index (κ1) is 41.2. The van der Waals surface area contributed by atoms with E-state index in [1.807, 2.05) is 36.4 Å². The molecule has 4 N–H and O–H groups in total. The van der Waals surface area contributed by atoms with Crippen molar-refractivity contribution in [3.8, 4) is 16.9 Å². The number of alkyl carbamates (subject to hydrolysis) is 2. The Labute approximate surface area is 316 Å². The van der Waals surface area contributed by atoms with Crippen LogP contribution in [0.4, 0.5) is 22.8 Å². The molecule has 0 unspecified atom stereocenters. The number of pyridine rings is 1. The molecule has 0 radical (unpaired) electrons. The number of nitrogens with zero attached hydrogens (tertiary/aromatic N) is 2. The van der Waals surface area contributed by atoms with Crippen molar-refractivity contribution in [2.45, 2.75) is 77.1 Å². The number of rotatable bonds is 14. The second-order valence-electron chi connectivity index (χ2n) is 14.4. The number of hydrogen-bond acceptors (Lipinski definition) is 11. The van der Waals surface area contributed by atoms with Crippen LogP contribution in [0.3, 0.4) is 0 Å². The van der Waals surface area contributed by atoms with E-state index in [4.69, 9.17) is 18.9 Å². The van der Waals surface area contributed by atoms with Crippen molar-refractivity contribution in [2.24, 2.45) is 11.3 Å². The van der Waals surface area contributed by atoms with Gasteiger partial charge in [-0.05, 0) is 58.7 Å². The first-order valence-electron chi connectivity index (χ1n) is 17.7. The summed E-state index contributed by atoms with van der Waals surface area (Å²) in [7, 11) is 1.16. The Bertz CT molecular complexity index is 1730. The number of hydrazine groups is 1. The summed E-state index contributed by atoms with van der Waals surface area (Å²) in [5.74, 6) is -1.23. The van der Waals surface area contributed by atoms with Crippen LogP contribution in [0.1, 0.15) is 38.3 Å². The van der Waals surface area contributed by atoms with Crippen molar-refractivity contribution in [1.29, 1.82) is 0 Å². The predicted molar refractivity (Wildman–Crippen MR) is 191 cm³/mol. The fourth-order valence-corrected chi connectivity index (χ4v) is 6.37. The van der Waals surface area contributed by atoms with Crippen molar-refractivity contribution in [1.82, 2.24) is 26.1 Å². The number of fused-ring (bicyclic) bond motifs is 1. The number of amides is 3. The number of halogens is 3. The van der Waals surface area contributed by atoms with E-state index in [1.54, 1.807) is 33.2 Å². The molecule has 14 nitrogen and oxygen atoms in total. The Morgan fingerprint density at radius 2 is 1.67 bits per heavy atom. The zero-order valence-corrected chi connectivity index (χ0v) is 30.9. The molecule has 2 saturated heterocycles. The quantitative estimate of drug-likeness (QED) is 0.168. The van der Waals surface area contributed by atoms with Crippen molar-refractivity contribution >= 4 is 18.1 Å². The van der Waals surface area contributed by atoms with Crippen LogP contribution in [0, 0.1) is 11.3 Å². The van der Waals surface area contributed by atoms with Crippen LogP contribution in [0.25, 0.3) is 11.1 Å². The predicted octanol–water partition coefficient (Wildman–Crippen LogP) is 4.71. The zero-order valence-electron chi connectivity index (χ0n) is 30.9. The van der Waals surface area contributed by atoms with Crippen molar-refractivity contribution < 1.29 is 56.3 Å². The summed E-state index contributed by atoms with van der Waals surface area (Å²) in [4.78, 5) is 43.5. The highest BCUT2D eigenvalue weighted by Gasteiger charge is 2.44. The van der Waals surface area contributed by atoms with Crippen LogP contribution in [-0.2, 0) is 36.7 Å². The number of carbonyl (C=O) groups is 3. The molecule has 3 heterocycles. The van der Waals surface area contributed by atoms with Gasteiger partial charge in [0.15, 0.2) is 6.29 Å². The molecule has 2 fully saturated rings. The topological polar surface area (TPSA) is 170 Å². The van der Waals surface area contributed by atoms with Crippen molar-refractivity contribution in [3.63, 3.8) is 0 Å². The second-order valence-corrected chi connectivity index (χ2v) is 14.4. The molecule has 2 aliphatic heterocycles. The zero-order chi connectivity index (χ0) is 39.8. The van der Waals surface area contributed by atoms with Gasteiger partial charge in [-0.25, -0.2) is 14.6 Å². The Morgan fingerprint density at radius 1 is 0.964 bits per heavy atom. The highest BCUT2D eigenvalue weighted by Crippen LogP contribution is 2.33. The maximum absolute atomic E-state index is 13.7. The first-order chi connectivity index (χ1) is 26.1. The van der Waals surface area contributed by atoms with Gasteiger partial charge in [0.25, 0.3) is 5.91 Å². The molecule has 298 valence electrons. The fourth-order valence-electron chi connectivity index (χ4n) is 6.37. The Hall–Kier alpha value is -4.97. The van der Waals surface area contributed by atoms with Crippen LogP contribution in [0.5, 0.6) is 5.75 Å². The van der Waals surface area contributed by atoms with Gasteiger partial charge in [-0.2, -0.15) is 0 Å². The van der Waals surface area contributed by atoms with Crippen molar-refractivity contribution in [3.05, 3.63) is 84.2 Å². The number of alkyl halides is 3. The number of ether oxygens (including phenoxy) is 5. The van der Waals surface area contributed by atoms with E-state index in [2.05, 4.69) is 25.8 Å². The van der Waals surface area contributed by atoms with E-state index in [9.17, 15) is 32.7 Å². The molecule has 0 bridgehead atoms. The van der Waals surface area contributed by atoms with Gasteiger partial charge in [0.1, 0.15) is 17.9 Å². The Balaban J connectivity index is 1.38. The number of methoxy groups -OCH3 is 1. The highest BCUT2D eigenvalue weighted by atomic mass is 19.4. The molecule has 0 aliphatic carbocycles. The maximum atomic E-state index is 13.7. The third kappa shape index (κ3) is 12.0. The maximum Gasteiger partial charge on any atom is 0.573 e. The summed E-state index contributed by atoms with van der Waals surface area (Å²) in [6.45, 7) is 5.44. The van der Waals surface area contributed by atoms with Gasteiger partial charge in [-0.15, -0.1) is 13.2 Å². The largest absolute Gasteiger partial charge is 0.573 e. The molecule has 1 aromatic heterocycles. The monoisotopic (exact) mass is 773 g/mol. The van der Waals surface area contributed by atoms with E-state index < -0.39 is 66.2 Å². The van der Waals surface area contributed by atoms with E-state index in [0.717, 1.165) is 35.9 Å². The van der Waals surface area contributed by atoms with E-state index in [1.165, 1.54) is 17.1 Å². The average Bonchev–Trinajstić information content (AvgIpc) is 3.75. The van der Waals surface area contributed by atoms with Gasteiger partial charge < -0.3 is 39.4 Å². The number of carbonyl (C=O) groups excluding carboxylic acids is 3. The lowest BCUT2D eigenvalue weighted by atomic mass is 9.86. The lowest BCUT2D eigenvalue weighted by molar-refractivity contribution is -0.274. The first-order valence-corrected chi connectivity index (χ1v) is 17.7. The third-order valence-electron chi connectivity index (χ3n) is 9.20. The molecule has 2 aliphatic rings. The normalized spacial score (nSPS) is 19.8. The number of nitrogens with one attached hydrogen (secondary N) is 3. The molecule has 2 aromatic carbocycles. The summed E-state index contributed by atoms with van der Waals surface area (Å²) in [6.07, 6.45) is -4.68. The lowest BCUT2D eigenvalue weighted by Gasteiger charge is -2.34. The van der Waals surface area contributed by atoms with Gasteiger partial charge in [0.05, 0.1) is 38.4 Å². The van der Waals surface area contributed by atoms with Crippen LogP contribution < -0.4 is 20.8 Å². The molecular weight excluding hydrogens is 727 g/mol. The van der Waals surface area contributed by atoms with Crippen LogP contribution in [-0.4, -0.2) is 97.0 Å². The molecule has 3 amide bonds. The van der Waals surface area contributed by atoms with Crippen LogP contribution in [0.15, 0.2) is 73.1 Å². The molecule has 0 spiro atoms. The number of aliphatic hydroxyl groups excluding tert-OH is 1. The minimum atomic E-state index is -4.89. The summed E-state index contributed by atoms with van der Waals surface area (Å²) < 4.78 is 64.1. The molecule has 0 saturated carbocycles. The van der Waals surface area contributed by atoms with Gasteiger partial charge in [-0.1, -0.05) is 63.2 Å². The number of benzene rings is 2. The smallest absolute Gasteiger partial charge is 0.453 e. The van der Waals surface area contributed by atoms with E-state index in [-0.39, 0.29) is 32.0 Å². The van der Waals surface area contributed by atoms with E-state index >= 15 is 0 Å². The SMILES string of the molecule is COC(=O)N[C@H](C(=O)NN(Cc1ccc(OC(F)(F)F)cc1)C[C@H](O)[C@H](Cc1ccc(-c2cccnc2)cc1)NC(=O)O[C@H]1CO[C@H]2OCC[C@H]21)C(C)(C)C. The molecule has 6 atom stereocenters. The summed E-state index contributed by atoms with van der Waals surface area (Å²) in [5.41, 5.74) is 4.95. The fraction of sp³-hybridized carbons (Fsp3) is 0.474. The minimum absolute atomic E-state index is 0.107. The Morgan fingerprint density at radius 3 is 2.31 bits per heavy atom. The summed E-state index contributed by atoms with van der Waals surface area (Å²) in [6, 6.07) is 14.2. The number of aliphatic hydroxyl groups is 1. The van der Waals surface area contributed by atoms with E-state index in [0.29, 0.717) is 18.6 Å². The number of aromatic nitrogens is 1. The molecule has 5 rings (SSSR count). The van der Waals surface area contributed by atoms with Gasteiger partial charge in [0.2, 0.25) is 0 Å². The average molecular weight is 774 g/mol. The van der Waals surface area contributed by atoms with Crippen molar-refractivity contribution in [2.75, 3.05) is 26.9 Å². The summed E-state index contributed by atoms with van der Waals surface area (Å²) >= 11 is 0. The molecule has 17 heteroatoms. The summed E-state index contributed by atoms with van der Waals surface area (Å²) in [5, 5.41) is 18.5. The molecule has 55 heavy (non-hydrogen) atoms. The van der Waals surface area contributed by atoms with Gasteiger partial charge in [0, 0.05) is 25.5 Å². The van der Waals surface area contributed by atoms with Crippen LogP contribution in [0.2, 0.25) is 0 Å². The second kappa shape index (κ2) is 18.1. The highest BCUT2D eigenvalue weighted by molar-refractivity contribution is 5.86. The van der Waals surface area contributed by atoms with Crippen LogP contribution >= 0.6 is 0 Å². The third-order valence-corrected chi connectivity index (χ3v) is 9.20.